The number of benzene rings is 1. The standard InChI is InChI=1S/C15H23NO2/c1-4-8-13-9-6-7-10-14(13)18-15(12(3)17)16-11-5-2/h4,6-7,9-10,12,15-17H,1,5,8,11H2,2-3H3. The molecule has 100 valence electrons. The van der Waals surface area contributed by atoms with Gasteiger partial charge in [-0.25, -0.2) is 0 Å². The Morgan fingerprint density at radius 1 is 1.44 bits per heavy atom. The molecule has 2 atom stereocenters. The van der Waals surface area contributed by atoms with Gasteiger partial charge < -0.3 is 9.84 Å². The summed E-state index contributed by atoms with van der Waals surface area (Å²) in [5.74, 6) is 0.798. The number of ether oxygens (including phenoxy) is 1. The van der Waals surface area contributed by atoms with Crippen molar-refractivity contribution in [3.05, 3.63) is 42.5 Å². The minimum absolute atomic E-state index is 0.379. The van der Waals surface area contributed by atoms with Crippen molar-refractivity contribution in [3.8, 4) is 5.75 Å². The lowest BCUT2D eigenvalue weighted by atomic mass is 10.1. The Balaban J connectivity index is 2.76. The van der Waals surface area contributed by atoms with Crippen LogP contribution in [0.2, 0.25) is 0 Å². The van der Waals surface area contributed by atoms with Crippen molar-refractivity contribution in [1.29, 1.82) is 0 Å². The first-order valence-electron chi connectivity index (χ1n) is 6.46. The highest BCUT2D eigenvalue weighted by atomic mass is 16.5. The smallest absolute Gasteiger partial charge is 0.176 e. The lowest BCUT2D eigenvalue weighted by Gasteiger charge is -2.24. The minimum atomic E-state index is -0.562. The molecule has 1 aromatic rings. The minimum Gasteiger partial charge on any atom is -0.472 e. The molecule has 0 amide bonds. The molecular weight excluding hydrogens is 226 g/mol. The molecule has 0 saturated heterocycles. The number of nitrogens with one attached hydrogen (secondary N) is 1. The third kappa shape index (κ3) is 4.51. The maximum absolute atomic E-state index is 9.71. The van der Waals surface area contributed by atoms with Crippen LogP contribution in [-0.4, -0.2) is 24.0 Å². The molecule has 3 heteroatoms. The van der Waals surface area contributed by atoms with Gasteiger partial charge in [-0.15, -0.1) is 6.58 Å². The molecule has 0 radical (unpaired) electrons. The third-order valence-electron chi connectivity index (χ3n) is 2.62. The van der Waals surface area contributed by atoms with Crippen LogP contribution < -0.4 is 10.1 Å². The fraction of sp³-hybridized carbons (Fsp3) is 0.467. The maximum atomic E-state index is 9.71. The summed E-state index contributed by atoms with van der Waals surface area (Å²) < 4.78 is 5.85. The van der Waals surface area contributed by atoms with E-state index in [0.29, 0.717) is 0 Å². The fourth-order valence-corrected chi connectivity index (χ4v) is 1.68. The number of para-hydroxylation sites is 1. The van der Waals surface area contributed by atoms with Crippen LogP contribution in [0.25, 0.3) is 0 Å². The van der Waals surface area contributed by atoms with E-state index in [4.69, 9.17) is 4.74 Å². The zero-order chi connectivity index (χ0) is 13.4. The van der Waals surface area contributed by atoms with E-state index >= 15 is 0 Å². The monoisotopic (exact) mass is 249 g/mol. The summed E-state index contributed by atoms with van der Waals surface area (Å²) in [6.45, 7) is 8.37. The molecule has 0 saturated carbocycles. The fourth-order valence-electron chi connectivity index (χ4n) is 1.68. The molecule has 0 bridgehead atoms. The Morgan fingerprint density at radius 3 is 2.78 bits per heavy atom. The van der Waals surface area contributed by atoms with E-state index in [0.717, 1.165) is 30.7 Å². The highest BCUT2D eigenvalue weighted by molar-refractivity contribution is 5.34. The number of rotatable bonds is 8. The topological polar surface area (TPSA) is 41.5 Å². The lowest BCUT2D eigenvalue weighted by molar-refractivity contribution is 0.0267. The summed E-state index contributed by atoms with van der Waals surface area (Å²) >= 11 is 0. The normalized spacial score (nSPS) is 13.9. The molecule has 3 nitrogen and oxygen atoms in total. The van der Waals surface area contributed by atoms with Gasteiger partial charge in [0.2, 0.25) is 0 Å². The van der Waals surface area contributed by atoms with Gasteiger partial charge in [0.25, 0.3) is 0 Å². The van der Waals surface area contributed by atoms with E-state index in [-0.39, 0.29) is 6.23 Å². The number of hydrogen-bond acceptors (Lipinski definition) is 3. The Labute approximate surface area is 109 Å². The summed E-state index contributed by atoms with van der Waals surface area (Å²) in [7, 11) is 0. The third-order valence-corrected chi connectivity index (χ3v) is 2.62. The quantitative estimate of drug-likeness (QED) is 0.549. The summed E-state index contributed by atoms with van der Waals surface area (Å²) in [6, 6.07) is 7.83. The maximum Gasteiger partial charge on any atom is 0.176 e. The second-order valence-corrected chi connectivity index (χ2v) is 4.33. The Hall–Kier alpha value is -1.32. The number of allylic oxidation sites excluding steroid dienone is 1. The Bertz CT molecular complexity index is 363. The number of aliphatic hydroxyl groups is 1. The molecule has 0 aliphatic carbocycles. The van der Waals surface area contributed by atoms with Crippen LogP contribution in [-0.2, 0) is 6.42 Å². The second-order valence-electron chi connectivity index (χ2n) is 4.33. The first-order chi connectivity index (χ1) is 8.69. The first-order valence-corrected chi connectivity index (χ1v) is 6.46. The molecule has 0 fully saturated rings. The molecule has 2 unspecified atom stereocenters. The van der Waals surface area contributed by atoms with E-state index in [9.17, 15) is 5.11 Å². The zero-order valence-corrected chi connectivity index (χ0v) is 11.2. The summed E-state index contributed by atoms with van der Waals surface area (Å²) in [6.07, 6.45) is 2.67. The van der Waals surface area contributed by atoms with Gasteiger partial charge in [0.15, 0.2) is 6.23 Å². The van der Waals surface area contributed by atoms with Crippen LogP contribution in [0, 0.1) is 0 Å². The van der Waals surface area contributed by atoms with Crippen molar-refractivity contribution in [2.24, 2.45) is 0 Å². The molecule has 0 aliphatic rings. The lowest BCUT2D eigenvalue weighted by Crippen LogP contribution is -2.43. The van der Waals surface area contributed by atoms with Gasteiger partial charge in [0, 0.05) is 0 Å². The van der Waals surface area contributed by atoms with Crippen molar-refractivity contribution in [2.45, 2.75) is 39.0 Å². The van der Waals surface area contributed by atoms with Gasteiger partial charge in [0.1, 0.15) is 11.9 Å². The molecule has 0 aromatic heterocycles. The Morgan fingerprint density at radius 2 is 2.17 bits per heavy atom. The molecule has 0 aliphatic heterocycles. The van der Waals surface area contributed by atoms with Gasteiger partial charge in [-0.1, -0.05) is 31.2 Å². The summed E-state index contributed by atoms with van der Waals surface area (Å²) in [4.78, 5) is 0. The molecule has 0 spiro atoms. The molecule has 0 heterocycles. The molecule has 1 aromatic carbocycles. The van der Waals surface area contributed by atoms with Crippen molar-refractivity contribution >= 4 is 0 Å². The number of aliphatic hydroxyl groups excluding tert-OH is 1. The van der Waals surface area contributed by atoms with Crippen LogP contribution >= 0.6 is 0 Å². The van der Waals surface area contributed by atoms with Crippen LogP contribution in [0.3, 0.4) is 0 Å². The SMILES string of the molecule is C=CCc1ccccc1OC(NCCC)C(C)O. The Kier molecular flexibility index (Phi) is 6.47. The van der Waals surface area contributed by atoms with Gasteiger partial charge in [-0.3, -0.25) is 5.32 Å². The molecule has 18 heavy (non-hydrogen) atoms. The van der Waals surface area contributed by atoms with Crippen molar-refractivity contribution < 1.29 is 9.84 Å². The predicted octanol–water partition coefficient (Wildman–Crippen LogP) is 2.50. The zero-order valence-electron chi connectivity index (χ0n) is 11.2. The van der Waals surface area contributed by atoms with Crippen molar-refractivity contribution in [3.63, 3.8) is 0 Å². The molecule has 2 N–H and O–H groups in total. The first kappa shape index (κ1) is 14.7. The number of hydrogen-bond donors (Lipinski definition) is 2. The van der Waals surface area contributed by atoms with E-state index in [1.165, 1.54) is 0 Å². The van der Waals surface area contributed by atoms with E-state index in [1.807, 2.05) is 30.3 Å². The van der Waals surface area contributed by atoms with Crippen molar-refractivity contribution in [1.82, 2.24) is 5.32 Å². The highest BCUT2D eigenvalue weighted by Crippen LogP contribution is 2.20. The average molecular weight is 249 g/mol. The van der Waals surface area contributed by atoms with E-state index in [1.54, 1.807) is 6.92 Å². The van der Waals surface area contributed by atoms with Crippen LogP contribution in [0.15, 0.2) is 36.9 Å². The molecule has 1 rings (SSSR count). The largest absolute Gasteiger partial charge is 0.472 e. The summed E-state index contributed by atoms with van der Waals surface area (Å²) in [5.41, 5.74) is 1.08. The second kappa shape index (κ2) is 7.90. The van der Waals surface area contributed by atoms with Gasteiger partial charge in [0.05, 0.1) is 0 Å². The van der Waals surface area contributed by atoms with Crippen LogP contribution in [0.4, 0.5) is 0 Å². The predicted molar refractivity (Wildman–Crippen MR) is 74.7 cm³/mol. The van der Waals surface area contributed by atoms with Gasteiger partial charge in [-0.2, -0.15) is 0 Å². The van der Waals surface area contributed by atoms with Crippen LogP contribution in [0.1, 0.15) is 25.8 Å². The van der Waals surface area contributed by atoms with E-state index < -0.39 is 6.10 Å². The van der Waals surface area contributed by atoms with E-state index in [2.05, 4.69) is 18.8 Å². The average Bonchev–Trinajstić information content (AvgIpc) is 2.36. The highest BCUT2D eigenvalue weighted by Gasteiger charge is 2.16. The summed E-state index contributed by atoms with van der Waals surface area (Å²) in [5, 5.41) is 12.9. The molecular formula is C15H23NO2. The van der Waals surface area contributed by atoms with Crippen LogP contribution in [0.5, 0.6) is 5.75 Å². The van der Waals surface area contributed by atoms with Gasteiger partial charge in [-0.05, 0) is 37.9 Å². The van der Waals surface area contributed by atoms with Crippen molar-refractivity contribution in [2.75, 3.05) is 6.54 Å². The van der Waals surface area contributed by atoms with Gasteiger partial charge >= 0.3 is 0 Å².